The van der Waals surface area contributed by atoms with Gasteiger partial charge in [-0.05, 0) is 24.3 Å². The number of nitrogens with zero attached hydrogens (tertiary/aromatic N) is 5. The first-order valence-corrected chi connectivity index (χ1v) is 8.98. The number of nitro groups is 2. The summed E-state index contributed by atoms with van der Waals surface area (Å²) >= 11 is 0. The van der Waals surface area contributed by atoms with E-state index < -0.39 is 27.1 Å². The zero-order valence-corrected chi connectivity index (χ0v) is 17.2. The fraction of sp³-hybridized carbons (Fsp3) is 0.211. The van der Waals surface area contributed by atoms with Gasteiger partial charge < -0.3 is 18.8 Å². The predicted octanol–water partition coefficient (Wildman–Crippen LogP) is 2.84. The number of benzene rings is 2. The lowest BCUT2D eigenvalue weighted by Crippen LogP contribution is -2.27. The number of carbonyl (C=O) groups is 1. The van der Waals surface area contributed by atoms with Crippen LogP contribution < -0.4 is 9.47 Å². The Hall–Kier alpha value is -4.55. The molecule has 13 nitrogen and oxygen atoms in total. The van der Waals surface area contributed by atoms with Crippen molar-refractivity contribution in [2.24, 2.45) is 0 Å². The van der Waals surface area contributed by atoms with Crippen molar-refractivity contribution in [3.05, 3.63) is 68.1 Å². The monoisotopic (exact) mass is 443 g/mol. The molecule has 0 saturated carbocycles. The maximum atomic E-state index is 12.7. The van der Waals surface area contributed by atoms with Crippen LogP contribution in [0, 0.1) is 20.2 Å². The van der Waals surface area contributed by atoms with Gasteiger partial charge in [-0.1, -0.05) is 0 Å². The smallest absolute Gasteiger partial charge is 0.289 e. The largest absolute Gasteiger partial charge is 0.493 e. The summed E-state index contributed by atoms with van der Waals surface area (Å²) in [5.41, 5.74) is -0.913. The quantitative estimate of drug-likeness (QED) is 0.373. The van der Waals surface area contributed by atoms with Crippen LogP contribution in [0.5, 0.6) is 11.5 Å². The lowest BCUT2D eigenvalue weighted by molar-refractivity contribution is -0.394. The van der Waals surface area contributed by atoms with Crippen molar-refractivity contribution in [3.8, 4) is 23.0 Å². The molecule has 13 heteroatoms. The summed E-state index contributed by atoms with van der Waals surface area (Å²) in [6.07, 6.45) is 0. The minimum Gasteiger partial charge on any atom is -0.493 e. The number of aromatic nitrogens is 2. The lowest BCUT2D eigenvalue weighted by atomic mass is 10.1. The van der Waals surface area contributed by atoms with Crippen molar-refractivity contribution in [1.82, 2.24) is 15.1 Å². The summed E-state index contributed by atoms with van der Waals surface area (Å²) < 4.78 is 16.0. The van der Waals surface area contributed by atoms with Crippen molar-refractivity contribution in [1.29, 1.82) is 0 Å². The SMILES string of the molecule is COc1ccc(-c2nnc(CN(C)C(=O)c3ccc([N+](=O)[O-])cc3[N+](=O)[O-])o2)cc1OC. The van der Waals surface area contributed by atoms with Crippen molar-refractivity contribution in [3.63, 3.8) is 0 Å². The van der Waals surface area contributed by atoms with Crippen molar-refractivity contribution >= 4 is 17.3 Å². The van der Waals surface area contributed by atoms with Crippen molar-refractivity contribution < 1.29 is 28.5 Å². The topological polar surface area (TPSA) is 164 Å². The number of carbonyl (C=O) groups excluding carboxylic acids is 1. The molecule has 166 valence electrons. The van der Waals surface area contributed by atoms with Crippen molar-refractivity contribution in [2.45, 2.75) is 6.54 Å². The van der Waals surface area contributed by atoms with Crippen LogP contribution in [0.4, 0.5) is 11.4 Å². The molecule has 0 saturated heterocycles. The Morgan fingerprint density at radius 1 is 1.03 bits per heavy atom. The molecule has 0 N–H and O–H groups in total. The van der Waals surface area contributed by atoms with E-state index in [1.165, 1.54) is 21.3 Å². The third-order valence-corrected chi connectivity index (χ3v) is 4.44. The first kappa shape index (κ1) is 22.1. The molecular weight excluding hydrogens is 426 g/mol. The van der Waals surface area contributed by atoms with E-state index in [2.05, 4.69) is 10.2 Å². The van der Waals surface area contributed by atoms with Gasteiger partial charge in [0.15, 0.2) is 11.5 Å². The molecule has 3 aromatic rings. The lowest BCUT2D eigenvalue weighted by Gasteiger charge is -2.14. The number of hydrogen-bond donors (Lipinski definition) is 0. The number of non-ortho nitro benzene ring substituents is 1. The Bertz CT molecular complexity index is 1190. The molecule has 0 atom stereocenters. The highest BCUT2D eigenvalue weighted by Gasteiger charge is 2.27. The molecule has 0 bridgehead atoms. The van der Waals surface area contributed by atoms with Gasteiger partial charge in [-0.25, -0.2) is 0 Å². The maximum absolute atomic E-state index is 12.7. The molecule has 2 aromatic carbocycles. The van der Waals surface area contributed by atoms with Crippen LogP contribution in [0.15, 0.2) is 40.8 Å². The van der Waals surface area contributed by atoms with Crippen molar-refractivity contribution in [2.75, 3.05) is 21.3 Å². The second-order valence-corrected chi connectivity index (χ2v) is 6.45. The third-order valence-electron chi connectivity index (χ3n) is 4.44. The van der Waals surface area contributed by atoms with Crippen LogP contribution in [0.2, 0.25) is 0 Å². The van der Waals surface area contributed by atoms with Crippen LogP contribution >= 0.6 is 0 Å². The second-order valence-electron chi connectivity index (χ2n) is 6.45. The molecule has 0 aliphatic carbocycles. The van der Waals surface area contributed by atoms with E-state index in [0.717, 1.165) is 23.1 Å². The van der Waals surface area contributed by atoms with Gasteiger partial charge in [0.2, 0.25) is 11.8 Å². The van der Waals surface area contributed by atoms with E-state index in [0.29, 0.717) is 17.1 Å². The molecule has 1 aromatic heterocycles. The van der Waals surface area contributed by atoms with Gasteiger partial charge in [-0.2, -0.15) is 0 Å². The highest BCUT2D eigenvalue weighted by molar-refractivity contribution is 5.98. The first-order valence-electron chi connectivity index (χ1n) is 8.98. The second kappa shape index (κ2) is 9.07. The number of methoxy groups -OCH3 is 2. The Balaban J connectivity index is 1.81. The van der Waals surface area contributed by atoms with Gasteiger partial charge in [-0.15, -0.1) is 10.2 Å². The predicted molar refractivity (Wildman–Crippen MR) is 108 cm³/mol. The summed E-state index contributed by atoms with van der Waals surface area (Å²) in [6, 6.07) is 7.80. The minimum atomic E-state index is -0.851. The molecule has 32 heavy (non-hydrogen) atoms. The molecule has 0 radical (unpaired) electrons. The Labute approximate surface area is 180 Å². The van der Waals surface area contributed by atoms with Crippen LogP contribution in [0.3, 0.4) is 0 Å². The van der Waals surface area contributed by atoms with E-state index in [1.54, 1.807) is 18.2 Å². The molecule has 0 spiro atoms. The summed E-state index contributed by atoms with van der Waals surface area (Å²) in [4.78, 5) is 34.4. The van der Waals surface area contributed by atoms with Gasteiger partial charge >= 0.3 is 0 Å². The highest BCUT2D eigenvalue weighted by Crippen LogP contribution is 2.32. The zero-order valence-electron chi connectivity index (χ0n) is 17.2. The molecule has 0 unspecified atom stereocenters. The Morgan fingerprint density at radius 2 is 1.75 bits per heavy atom. The summed E-state index contributed by atoms with van der Waals surface area (Å²) in [7, 11) is 4.37. The van der Waals surface area contributed by atoms with Gasteiger partial charge in [-0.3, -0.25) is 25.0 Å². The van der Waals surface area contributed by atoms with Gasteiger partial charge in [0.05, 0.1) is 36.7 Å². The number of nitro benzene ring substituents is 2. The van der Waals surface area contributed by atoms with Crippen LogP contribution in [-0.4, -0.2) is 52.1 Å². The maximum Gasteiger partial charge on any atom is 0.289 e. The Morgan fingerprint density at radius 3 is 2.38 bits per heavy atom. The molecular formula is C19H17N5O8. The van der Waals surface area contributed by atoms with E-state index >= 15 is 0 Å². The zero-order chi connectivity index (χ0) is 23.4. The molecule has 0 fully saturated rings. The standard InChI is InChI=1S/C19H17N5O8/c1-22(19(25)13-6-5-12(23(26)27)9-14(13)24(28)29)10-17-20-21-18(32-17)11-4-7-15(30-2)16(8-11)31-3/h4-9H,10H2,1-3H3. The number of ether oxygens (including phenoxy) is 2. The minimum absolute atomic E-state index is 0.0789. The highest BCUT2D eigenvalue weighted by atomic mass is 16.6. The Kier molecular flexibility index (Phi) is 6.28. The number of hydrogen-bond acceptors (Lipinski definition) is 10. The molecule has 3 rings (SSSR count). The summed E-state index contributed by atoms with van der Waals surface area (Å²) in [5.74, 6) is 0.490. The number of amides is 1. The number of rotatable bonds is 8. The molecule has 0 aliphatic heterocycles. The van der Waals surface area contributed by atoms with E-state index in [9.17, 15) is 25.0 Å². The van der Waals surface area contributed by atoms with E-state index in [1.807, 2.05) is 0 Å². The molecule has 0 aliphatic rings. The average molecular weight is 443 g/mol. The first-order chi connectivity index (χ1) is 15.2. The van der Waals surface area contributed by atoms with E-state index in [-0.39, 0.29) is 23.9 Å². The van der Waals surface area contributed by atoms with Crippen LogP contribution in [0.1, 0.15) is 16.2 Å². The van der Waals surface area contributed by atoms with Gasteiger partial charge in [0.25, 0.3) is 17.3 Å². The normalized spacial score (nSPS) is 10.5. The third kappa shape index (κ3) is 4.45. The average Bonchev–Trinajstić information content (AvgIpc) is 3.25. The van der Waals surface area contributed by atoms with Gasteiger partial charge in [0, 0.05) is 18.7 Å². The summed E-state index contributed by atoms with van der Waals surface area (Å²) in [5, 5.41) is 30.0. The molecule has 1 heterocycles. The van der Waals surface area contributed by atoms with Crippen LogP contribution in [-0.2, 0) is 6.54 Å². The molecule has 1 amide bonds. The van der Waals surface area contributed by atoms with E-state index in [4.69, 9.17) is 13.9 Å². The summed E-state index contributed by atoms with van der Waals surface area (Å²) in [6.45, 7) is -0.146. The fourth-order valence-electron chi connectivity index (χ4n) is 2.85. The van der Waals surface area contributed by atoms with Crippen LogP contribution in [0.25, 0.3) is 11.5 Å². The fourth-order valence-corrected chi connectivity index (χ4v) is 2.85. The van der Waals surface area contributed by atoms with Gasteiger partial charge in [0.1, 0.15) is 5.56 Å².